The topological polar surface area (TPSA) is 43.1 Å². The van der Waals surface area contributed by atoms with E-state index in [0.29, 0.717) is 5.56 Å². The van der Waals surface area contributed by atoms with Crippen molar-refractivity contribution in [3.05, 3.63) is 112 Å². The Balaban J connectivity index is 1.63. The first-order chi connectivity index (χ1) is 14.7. The van der Waals surface area contributed by atoms with Crippen LogP contribution < -0.4 is 0 Å². The fourth-order valence-corrected chi connectivity index (χ4v) is 4.83. The summed E-state index contributed by atoms with van der Waals surface area (Å²) in [6.07, 6.45) is 0.956. The first-order valence-electron chi connectivity index (χ1n) is 10.0. The maximum atomic E-state index is 11.8. The molecule has 0 saturated carbocycles. The second kappa shape index (κ2) is 6.26. The highest BCUT2D eigenvalue weighted by Gasteiger charge is 2.22. The van der Waals surface area contributed by atoms with Gasteiger partial charge in [0, 0.05) is 6.07 Å². The van der Waals surface area contributed by atoms with Crippen molar-refractivity contribution in [1.29, 1.82) is 0 Å². The monoisotopic (exact) mass is 387 g/mol. The number of rotatable bonds is 2. The zero-order valence-electron chi connectivity index (χ0n) is 16.1. The van der Waals surface area contributed by atoms with Crippen LogP contribution in [-0.2, 0) is 6.42 Å². The molecule has 142 valence electrons. The average molecular weight is 387 g/mol. The first kappa shape index (κ1) is 16.9. The third-order valence-electron chi connectivity index (χ3n) is 6.17. The lowest BCUT2D eigenvalue weighted by atomic mass is 9.92. The molecule has 0 aliphatic heterocycles. The van der Waals surface area contributed by atoms with Crippen LogP contribution in [0, 0.1) is 10.1 Å². The Labute approximate surface area is 173 Å². The van der Waals surface area contributed by atoms with Crippen LogP contribution >= 0.6 is 0 Å². The minimum absolute atomic E-state index is 0.138. The quantitative estimate of drug-likeness (QED) is 0.234. The summed E-state index contributed by atoms with van der Waals surface area (Å²) in [6, 6.07) is 30.4. The van der Waals surface area contributed by atoms with E-state index >= 15 is 0 Å². The summed E-state index contributed by atoms with van der Waals surface area (Å²) in [4.78, 5) is 11.5. The molecule has 0 amide bonds. The van der Waals surface area contributed by atoms with E-state index in [0.717, 1.165) is 28.1 Å². The van der Waals surface area contributed by atoms with Crippen molar-refractivity contribution in [2.24, 2.45) is 0 Å². The normalized spacial score (nSPS) is 12.1. The molecule has 0 saturated heterocycles. The Kier molecular flexibility index (Phi) is 3.53. The summed E-state index contributed by atoms with van der Waals surface area (Å²) in [5, 5.41) is 16.0. The molecule has 0 unspecified atom stereocenters. The standard InChI is InChI=1S/C27H17NO2/c29-28(30)25-14-12-17-5-1-3-7-22(17)27(25)21-11-13-24-19(16-21)9-10-20-15-18-6-2-4-8-23(18)26(20)24/h1-14,16H,15H2. The lowest BCUT2D eigenvalue weighted by Gasteiger charge is -2.11. The maximum Gasteiger partial charge on any atom is 0.277 e. The van der Waals surface area contributed by atoms with Crippen molar-refractivity contribution >= 4 is 27.2 Å². The lowest BCUT2D eigenvalue weighted by Crippen LogP contribution is -1.93. The maximum absolute atomic E-state index is 11.8. The summed E-state index contributed by atoms with van der Waals surface area (Å²) < 4.78 is 0. The van der Waals surface area contributed by atoms with Gasteiger partial charge in [0.2, 0.25) is 0 Å². The minimum Gasteiger partial charge on any atom is -0.258 e. The summed E-state index contributed by atoms with van der Waals surface area (Å²) in [5.74, 6) is 0. The molecule has 30 heavy (non-hydrogen) atoms. The van der Waals surface area contributed by atoms with Crippen LogP contribution in [0.15, 0.2) is 91.0 Å². The number of fused-ring (bicyclic) bond motifs is 6. The van der Waals surface area contributed by atoms with Gasteiger partial charge in [0.05, 0.1) is 10.5 Å². The largest absolute Gasteiger partial charge is 0.277 e. The van der Waals surface area contributed by atoms with E-state index in [2.05, 4.69) is 48.5 Å². The van der Waals surface area contributed by atoms with E-state index in [-0.39, 0.29) is 10.6 Å². The minimum atomic E-state index is -0.287. The summed E-state index contributed by atoms with van der Waals surface area (Å²) >= 11 is 0. The molecule has 1 aliphatic rings. The zero-order chi connectivity index (χ0) is 20.2. The number of nitro groups is 1. The van der Waals surface area contributed by atoms with Crippen molar-refractivity contribution in [2.75, 3.05) is 0 Å². The van der Waals surface area contributed by atoms with E-state index in [1.165, 1.54) is 27.6 Å². The van der Waals surface area contributed by atoms with Gasteiger partial charge in [-0.15, -0.1) is 0 Å². The Morgan fingerprint density at radius 3 is 2.33 bits per heavy atom. The Morgan fingerprint density at radius 1 is 0.667 bits per heavy atom. The van der Waals surface area contributed by atoms with E-state index in [4.69, 9.17) is 0 Å². The molecular formula is C27H17NO2. The highest BCUT2D eigenvalue weighted by Crippen LogP contribution is 2.43. The Morgan fingerprint density at radius 2 is 1.43 bits per heavy atom. The van der Waals surface area contributed by atoms with E-state index < -0.39 is 0 Å². The van der Waals surface area contributed by atoms with Crippen LogP contribution in [0.4, 0.5) is 5.69 Å². The third kappa shape index (κ3) is 2.39. The van der Waals surface area contributed by atoms with E-state index in [9.17, 15) is 10.1 Å². The molecule has 0 aromatic heterocycles. The molecule has 0 bridgehead atoms. The molecule has 0 heterocycles. The van der Waals surface area contributed by atoms with Gasteiger partial charge in [-0.2, -0.15) is 0 Å². The highest BCUT2D eigenvalue weighted by molar-refractivity contribution is 6.06. The second-order valence-corrected chi connectivity index (χ2v) is 7.81. The fourth-order valence-electron chi connectivity index (χ4n) is 4.83. The predicted octanol–water partition coefficient (Wildman–Crippen LogP) is 7.14. The smallest absolute Gasteiger partial charge is 0.258 e. The van der Waals surface area contributed by atoms with Gasteiger partial charge in [-0.3, -0.25) is 10.1 Å². The number of nitro benzene ring substituents is 1. The van der Waals surface area contributed by atoms with Crippen LogP contribution in [0.25, 0.3) is 43.8 Å². The van der Waals surface area contributed by atoms with Crippen molar-refractivity contribution < 1.29 is 4.92 Å². The molecule has 6 rings (SSSR count). The van der Waals surface area contributed by atoms with Gasteiger partial charge in [-0.25, -0.2) is 0 Å². The third-order valence-corrected chi connectivity index (χ3v) is 6.17. The molecule has 0 spiro atoms. The molecule has 0 atom stereocenters. The molecule has 0 radical (unpaired) electrons. The SMILES string of the molecule is O=[N+]([O-])c1ccc2ccccc2c1-c1ccc2c3c(ccc2c1)Cc1ccccc1-3. The average Bonchev–Trinajstić information content (AvgIpc) is 3.17. The van der Waals surface area contributed by atoms with Gasteiger partial charge >= 0.3 is 0 Å². The van der Waals surface area contributed by atoms with E-state index in [1.54, 1.807) is 6.07 Å². The number of nitrogens with zero attached hydrogens (tertiary/aromatic N) is 1. The zero-order valence-corrected chi connectivity index (χ0v) is 16.1. The first-order valence-corrected chi connectivity index (χ1v) is 10.0. The van der Waals surface area contributed by atoms with Crippen molar-refractivity contribution in [3.63, 3.8) is 0 Å². The molecule has 5 aromatic carbocycles. The number of benzene rings is 5. The molecule has 5 aromatic rings. The van der Waals surface area contributed by atoms with Gasteiger partial charge in [0.25, 0.3) is 5.69 Å². The molecule has 1 aliphatic carbocycles. The molecule has 3 nitrogen and oxygen atoms in total. The van der Waals surface area contributed by atoms with Crippen molar-refractivity contribution in [2.45, 2.75) is 6.42 Å². The Hall–Kier alpha value is -3.98. The van der Waals surface area contributed by atoms with Crippen LogP contribution in [-0.4, -0.2) is 4.92 Å². The van der Waals surface area contributed by atoms with Gasteiger partial charge in [-0.1, -0.05) is 72.8 Å². The van der Waals surface area contributed by atoms with Crippen LogP contribution in [0.3, 0.4) is 0 Å². The van der Waals surface area contributed by atoms with Crippen molar-refractivity contribution in [3.8, 4) is 22.3 Å². The second-order valence-electron chi connectivity index (χ2n) is 7.81. The summed E-state index contributed by atoms with van der Waals surface area (Å²) in [6.45, 7) is 0. The number of hydrogen-bond donors (Lipinski definition) is 0. The Bertz CT molecular complexity index is 1500. The van der Waals surface area contributed by atoms with Crippen LogP contribution in [0.1, 0.15) is 11.1 Å². The summed E-state index contributed by atoms with van der Waals surface area (Å²) in [7, 11) is 0. The van der Waals surface area contributed by atoms with Crippen molar-refractivity contribution in [1.82, 2.24) is 0 Å². The van der Waals surface area contributed by atoms with Gasteiger partial charge in [-0.05, 0) is 67.9 Å². The van der Waals surface area contributed by atoms with Gasteiger partial charge in [0.15, 0.2) is 0 Å². The molecule has 0 N–H and O–H groups in total. The van der Waals surface area contributed by atoms with E-state index in [1.807, 2.05) is 36.4 Å². The fraction of sp³-hybridized carbons (Fsp3) is 0.0370. The van der Waals surface area contributed by atoms with Gasteiger partial charge < -0.3 is 0 Å². The molecule has 3 heteroatoms. The molecular weight excluding hydrogens is 370 g/mol. The lowest BCUT2D eigenvalue weighted by molar-refractivity contribution is -0.384. The summed E-state index contributed by atoms with van der Waals surface area (Å²) in [5.41, 5.74) is 6.98. The number of hydrogen-bond acceptors (Lipinski definition) is 2. The highest BCUT2D eigenvalue weighted by atomic mass is 16.6. The van der Waals surface area contributed by atoms with Gasteiger partial charge in [0.1, 0.15) is 0 Å². The van der Waals surface area contributed by atoms with Crippen LogP contribution in [0.2, 0.25) is 0 Å². The predicted molar refractivity (Wildman–Crippen MR) is 122 cm³/mol. The molecule has 0 fully saturated rings. The van der Waals surface area contributed by atoms with Crippen LogP contribution in [0.5, 0.6) is 0 Å².